The number of amides is 2. The summed E-state index contributed by atoms with van der Waals surface area (Å²) in [7, 11) is 1.95. The highest BCUT2D eigenvalue weighted by molar-refractivity contribution is 5.88. The van der Waals surface area contributed by atoms with Gasteiger partial charge in [0.2, 0.25) is 11.8 Å². The van der Waals surface area contributed by atoms with Gasteiger partial charge in [-0.25, -0.2) is 0 Å². The van der Waals surface area contributed by atoms with E-state index in [0.29, 0.717) is 12.5 Å². The van der Waals surface area contributed by atoms with E-state index in [1.165, 1.54) is 0 Å². The SMILES string of the molecule is CCC(=O)N1CCCCC1C(=O)N1CCCC(NC)C1. The quantitative estimate of drug-likeness (QED) is 0.839. The molecule has 1 N–H and O–H groups in total. The Bertz CT molecular complexity index is 359. The number of hydrogen-bond acceptors (Lipinski definition) is 3. The summed E-state index contributed by atoms with van der Waals surface area (Å²) in [4.78, 5) is 28.5. The van der Waals surface area contributed by atoms with E-state index in [1.54, 1.807) is 0 Å². The smallest absolute Gasteiger partial charge is 0.245 e. The van der Waals surface area contributed by atoms with Crippen LogP contribution in [-0.2, 0) is 9.59 Å². The van der Waals surface area contributed by atoms with Crippen molar-refractivity contribution < 1.29 is 9.59 Å². The van der Waals surface area contributed by atoms with Gasteiger partial charge in [-0.1, -0.05) is 6.92 Å². The maximum Gasteiger partial charge on any atom is 0.245 e. The lowest BCUT2D eigenvalue weighted by Gasteiger charge is -2.40. The van der Waals surface area contributed by atoms with Crippen LogP contribution in [0.2, 0.25) is 0 Å². The molecular weight excluding hydrogens is 254 g/mol. The number of hydrogen-bond donors (Lipinski definition) is 1. The summed E-state index contributed by atoms with van der Waals surface area (Å²) < 4.78 is 0. The molecule has 0 aromatic carbocycles. The van der Waals surface area contributed by atoms with Crippen molar-refractivity contribution in [2.24, 2.45) is 0 Å². The third-order valence-electron chi connectivity index (χ3n) is 4.55. The lowest BCUT2D eigenvalue weighted by Crippen LogP contribution is -2.56. The first-order valence-electron chi connectivity index (χ1n) is 7.93. The Kier molecular flexibility index (Phi) is 5.40. The molecule has 0 saturated carbocycles. The molecule has 5 heteroatoms. The minimum absolute atomic E-state index is 0.116. The fourth-order valence-corrected chi connectivity index (χ4v) is 3.31. The van der Waals surface area contributed by atoms with E-state index in [-0.39, 0.29) is 17.9 Å². The summed E-state index contributed by atoms with van der Waals surface area (Å²) >= 11 is 0. The van der Waals surface area contributed by atoms with Crippen molar-refractivity contribution in [3.8, 4) is 0 Å². The zero-order valence-electron chi connectivity index (χ0n) is 12.7. The molecule has 114 valence electrons. The second-order valence-electron chi connectivity index (χ2n) is 5.86. The number of rotatable bonds is 3. The third-order valence-corrected chi connectivity index (χ3v) is 4.55. The molecule has 2 rings (SSSR count). The van der Waals surface area contributed by atoms with E-state index in [9.17, 15) is 9.59 Å². The molecular formula is C15H27N3O2. The van der Waals surface area contributed by atoms with E-state index in [2.05, 4.69) is 5.32 Å². The lowest BCUT2D eigenvalue weighted by atomic mass is 9.98. The van der Waals surface area contributed by atoms with Gasteiger partial charge in [0, 0.05) is 32.1 Å². The number of nitrogens with one attached hydrogen (secondary N) is 1. The first-order chi connectivity index (χ1) is 9.67. The Balaban J connectivity index is 2.03. The molecule has 2 saturated heterocycles. The number of likely N-dealkylation sites (tertiary alicyclic amines) is 2. The number of carbonyl (C=O) groups is 2. The Labute approximate surface area is 121 Å². The van der Waals surface area contributed by atoms with Gasteiger partial charge in [0.15, 0.2) is 0 Å². The monoisotopic (exact) mass is 281 g/mol. The van der Waals surface area contributed by atoms with Crippen molar-refractivity contribution in [3.63, 3.8) is 0 Å². The summed E-state index contributed by atoms with van der Waals surface area (Å²) in [6.07, 6.45) is 5.56. The predicted octanol–water partition coefficient (Wildman–Crippen LogP) is 0.988. The standard InChI is InChI=1S/C15H27N3O2/c1-3-14(19)18-10-5-4-8-13(18)15(20)17-9-6-7-12(11-17)16-2/h12-13,16H,3-11H2,1-2H3. The van der Waals surface area contributed by atoms with Gasteiger partial charge in [-0.3, -0.25) is 9.59 Å². The average molecular weight is 281 g/mol. The second kappa shape index (κ2) is 7.07. The van der Waals surface area contributed by atoms with Gasteiger partial charge in [-0.2, -0.15) is 0 Å². The van der Waals surface area contributed by atoms with Gasteiger partial charge in [0.05, 0.1) is 0 Å². The summed E-state index contributed by atoms with van der Waals surface area (Å²) in [5, 5.41) is 3.26. The molecule has 2 fully saturated rings. The van der Waals surface area contributed by atoms with Gasteiger partial charge in [0.25, 0.3) is 0 Å². The molecule has 20 heavy (non-hydrogen) atoms. The van der Waals surface area contributed by atoms with Crippen LogP contribution in [0, 0.1) is 0 Å². The fraction of sp³-hybridized carbons (Fsp3) is 0.867. The van der Waals surface area contributed by atoms with E-state index < -0.39 is 0 Å². The van der Waals surface area contributed by atoms with Crippen LogP contribution in [0.3, 0.4) is 0 Å². The minimum Gasteiger partial charge on any atom is -0.339 e. The van der Waals surface area contributed by atoms with Crippen LogP contribution in [-0.4, -0.2) is 60.4 Å². The zero-order valence-corrected chi connectivity index (χ0v) is 12.7. The van der Waals surface area contributed by atoms with E-state index in [0.717, 1.165) is 51.7 Å². The van der Waals surface area contributed by atoms with Crippen LogP contribution in [0.1, 0.15) is 45.4 Å². The van der Waals surface area contributed by atoms with Crippen LogP contribution >= 0.6 is 0 Å². The number of piperidine rings is 2. The van der Waals surface area contributed by atoms with Crippen molar-refractivity contribution >= 4 is 11.8 Å². The minimum atomic E-state index is -0.216. The van der Waals surface area contributed by atoms with E-state index >= 15 is 0 Å². The molecule has 2 aliphatic rings. The highest BCUT2D eigenvalue weighted by Crippen LogP contribution is 2.21. The van der Waals surface area contributed by atoms with Crippen LogP contribution in [0.25, 0.3) is 0 Å². The van der Waals surface area contributed by atoms with Crippen LogP contribution < -0.4 is 5.32 Å². The van der Waals surface area contributed by atoms with E-state index in [1.807, 2.05) is 23.8 Å². The number of carbonyl (C=O) groups excluding carboxylic acids is 2. The molecule has 0 aromatic heterocycles. The maximum absolute atomic E-state index is 12.7. The second-order valence-corrected chi connectivity index (χ2v) is 5.86. The summed E-state index contributed by atoms with van der Waals surface area (Å²) in [5.41, 5.74) is 0. The largest absolute Gasteiger partial charge is 0.339 e. The maximum atomic E-state index is 12.7. The lowest BCUT2D eigenvalue weighted by molar-refractivity contribution is -0.148. The Morgan fingerprint density at radius 2 is 1.95 bits per heavy atom. The first kappa shape index (κ1) is 15.3. The normalized spacial score (nSPS) is 27.5. The predicted molar refractivity (Wildman–Crippen MR) is 78.3 cm³/mol. The topological polar surface area (TPSA) is 52.7 Å². The summed E-state index contributed by atoms with van der Waals surface area (Å²) in [6, 6.07) is 0.179. The van der Waals surface area contributed by atoms with Gasteiger partial charge in [-0.15, -0.1) is 0 Å². The van der Waals surface area contributed by atoms with E-state index in [4.69, 9.17) is 0 Å². The van der Waals surface area contributed by atoms with Crippen LogP contribution in [0.5, 0.6) is 0 Å². The molecule has 2 aliphatic heterocycles. The molecule has 0 aromatic rings. The highest BCUT2D eigenvalue weighted by atomic mass is 16.2. The molecule has 0 spiro atoms. The van der Waals surface area contributed by atoms with Gasteiger partial charge >= 0.3 is 0 Å². The zero-order chi connectivity index (χ0) is 14.5. The fourth-order valence-electron chi connectivity index (χ4n) is 3.31. The van der Waals surface area contributed by atoms with Crippen LogP contribution in [0.15, 0.2) is 0 Å². The Morgan fingerprint density at radius 1 is 1.15 bits per heavy atom. The molecule has 2 heterocycles. The molecule has 0 bridgehead atoms. The highest BCUT2D eigenvalue weighted by Gasteiger charge is 2.35. The van der Waals surface area contributed by atoms with Crippen molar-refractivity contribution in [3.05, 3.63) is 0 Å². The van der Waals surface area contributed by atoms with Gasteiger partial charge in [0.1, 0.15) is 6.04 Å². The third kappa shape index (κ3) is 3.32. The van der Waals surface area contributed by atoms with Crippen molar-refractivity contribution in [1.82, 2.24) is 15.1 Å². The molecule has 2 atom stereocenters. The molecule has 5 nitrogen and oxygen atoms in total. The molecule has 2 amide bonds. The number of nitrogens with zero attached hydrogens (tertiary/aromatic N) is 2. The molecule has 0 radical (unpaired) electrons. The van der Waals surface area contributed by atoms with Crippen molar-refractivity contribution in [2.75, 3.05) is 26.7 Å². The first-order valence-corrected chi connectivity index (χ1v) is 7.93. The van der Waals surface area contributed by atoms with Crippen molar-refractivity contribution in [1.29, 1.82) is 0 Å². The number of likely N-dealkylation sites (N-methyl/N-ethyl adjacent to an activating group) is 1. The van der Waals surface area contributed by atoms with Gasteiger partial charge < -0.3 is 15.1 Å². The Hall–Kier alpha value is -1.10. The van der Waals surface area contributed by atoms with Gasteiger partial charge in [-0.05, 0) is 39.2 Å². The summed E-state index contributed by atoms with van der Waals surface area (Å²) in [5.74, 6) is 0.275. The average Bonchev–Trinajstić information content (AvgIpc) is 2.53. The molecule has 2 unspecified atom stereocenters. The van der Waals surface area contributed by atoms with Crippen molar-refractivity contribution in [2.45, 2.75) is 57.5 Å². The summed E-state index contributed by atoms with van der Waals surface area (Å²) in [6.45, 7) is 4.23. The molecule has 0 aliphatic carbocycles. The Morgan fingerprint density at radius 3 is 2.65 bits per heavy atom. The van der Waals surface area contributed by atoms with Crippen LogP contribution in [0.4, 0.5) is 0 Å².